The Labute approximate surface area is 129 Å². The summed E-state index contributed by atoms with van der Waals surface area (Å²) in [7, 11) is 1.65. The number of amides is 1. The molecule has 2 N–H and O–H groups in total. The van der Waals surface area contributed by atoms with Crippen LogP contribution in [0.25, 0.3) is 0 Å². The van der Waals surface area contributed by atoms with Crippen molar-refractivity contribution < 1.29 is 14.7 Å². The highest BCUT2D eigenvalue weighted by molar-refractivity contribution is 7.99. The number of carboxylic acids is 1. The van der Waals surface area contributed by atoms with Gasteiger partial charge in [0.25, 0.3) is 0 Å². The van der Waals surface area contributed by atoms with E-state index < -0.39 is 12.0 Å². The van der Waals surface area contributed by atoms with Gasteiger partial charge in [-0.2, -0.15) is 0 Å². The molecule has 0 fully saturated rings. The van der Waals surface area contributed by atoms with Crippen LogP contribution >= 0.6 is 11.8 Å². The van der Waals surface area contributed by atoms with Crippen LogP contribution in [0.4, 0.5) is 0 Å². The molecule has 0 aliphatic heterocycles. The summed E-state index contributed by atoms with van der Waals surface area (Å²) in [4.78, 5) is 25.5. The molecule has 0 radical (unpaired) electrons. The predicted octanol–water partition coefficient (Wildman–Crippen LogP) is 1.69. The van der Waals surface area contributed by atoms with E-state index in [-0.39, 0.29) is 12.5 Å². The minimum absolute atomic E-state index is 0.0980. The number of nitrogens with one attached hydrogen (secondary N) is 1. The highest BCUT2D eigenvalue weighted by atomic mass is 32.2. The fraction of sp³-hybridized carbons (Fsp3) is 0.467. The van der Waals surface area contributed by atoms with E-state index in [1.807, 2.05) is 30.3 Å². The number of hydrogen-bond acceptors (Lipinski definition) is 4. The van der Waals surface area contributed by atoms with Gasteiger partial charge in [-0.3, -0.25) is 14.5 Å². The van der Waals surface area contributed by atoms with Crippen LogP contribution in [0.5, 0.6) is 0 Å². The van der Waals surface area contributed by atoms with Gasteiger partial charge in [-0.25, -0.2) is 0 Å². The Hall–Kier alpha value is -1.53. The molecule has 1 aromatic rings. The number of thioether (sulfide) groups is 1. The summed E-state index contributed by atoms with van der Waals surface area (Å²) in [6, 6.07) is 9.36. The normalized spacial score (nSPS) is 12.1. The topological polar surface area (TPSA) is 69.6 Å². The van der Waals surface area contributed by atoms with Crippen LogP contribution < -0.4 is 5.32 Å². The Kier molecular flexibility index (Phi) is 7.85. The molecule has 1 aromatic carbocycles. The van der Waals surface area contributed by atoms with Crippen LogP contribution in [-0.2, 0) is 9.59 Å². The van der Waals surface area contributed by atoms with E-state index in [0.29, 0.717) is 13.0 Å². The van der Waals surface area contributed by atoms with Crippen molar-refractivity contribution in [3.05, 3.63) is 30.3 Å². The second-order valence-electron chi connectivity index (χ2n) is 4.69. The molecule has 0 saturated heterocycles. The summed E-state index contributed by atoms with van der Waals surface area (Å²) < 4.78 is 0. The first-order valence-electron chi connectivity index (χ1n) is 6.92. The molecule has 6 heteroatoms. The first-order valence-corrected chi connectivity index (χ1v) is 7.90. The number of benzene rings is 1. The number of hydrogen-bond donors (Lipinski definition) is 2. The van der Waals surface area contributed by atoms with Crippen LogP contribution in [0.3, 0.4) is 0 Å². The van der Waals surface area contributed by atoms with Gasteiger partial charge >= 0.3 is 5.97 Å². The summed E-state index contributed by atoms with van der Waals surface area (Å²) in [6.07, 6.45) is 0.475. The van der Waals surface area contributed by atoms with E-state index in [4.69, 9.17) is 5.11 Å². The second-order valence-corrected chi connectivity index (χ2v) is 5.86. The third-order valence-corrected chi connectivity index (χ3v) is 4.05. The SMILES string of the molecule is CCC(C(=O)O)N(C)CC(=O)NCCSc1ccccc1. The van der Waals surface area contributed by atoms with Gasteiger partial charge in [0.05, 0.1) is 6.54 Å². The van der Waals surface area contributed by atoms with Crippen molar-refractivity contribution in [3.8, 4) is 0 Å². The standard InChI is InChI=1S/C15H22N2O3S/c1-3-13(15(19)20)17(2)11-14(18)16-9-10-21-12-7-5-4-6-8-12/h4-8,13H,3,9-11H2,1-2H3,(H,16,18)(H,19,20). The molecule has 0 aliphatic carbocycles. The maximum atomic E-state index is 11.8. The number of nitrogens with zero attached hydrogens (tertiary/aromatic N) is 1. The fourth-order valence-electron chi connectivity index (χ4n) is 1.94. The Morgan fingerprint density at radius 1 is 1.33 bits per heavy atom. The number of carbonyl (C=O) groups is 2. The zero-order valence-corrected chi connectivity index (χ0v) is 13.2. The van der Waals surface area contributed by atoms with Crippen molar-refractivity contribution in [2.24, 2.45) is 0 Å². The van der Waals surface area contributed by atoms with E-state index in [9.17, 15) is 9.59 Å². The van der Waals surface area contributed by atoms with Gasteiger partial charge < -0.3 is 10.4 Å². The molecule has 0 heterocycles. The lowest BCUT2D eigenvalue weighted by atomic mass is 10.2. The molecule has 0 bridgehead atoms. The fourth-order valence-corrected chi connectivity index (χ4v) is 2.73. The third-order valence-electron chi connectivity index (χ3n) is 3.03. The summed E-state index contributed by atoms with van der Waals surface area (Å²) >= 11 is 1.67. The van der Waals surface area contributed by atoms with Crippen LogP contribution in [-0.4, -0.2) is 53.8 Å². The maximum absolute atomic E-state index is 11.8. The summed E-state index contributed by atoms with van der Waals surface area (Å²) in [5.74, 6) is -0.256. The largest absolute Gasteiger partial charge is 0.480 e. The zero-order chi connectivity index (χ0) is 15.7. The molecule has 116 valence electrons. The Bertz CT molecular complexity index is 453. The molecule has 1 atom stereocenters. The van der Waals surface area contributed by atoms with E-state index >= 15 is 0 Å². The van der Waals surface area contributed by atoms with Gasteiger partial charge in [-0.15, -0.1) is 11.8 Å². The van der Waals surface area contributed by atoms with Crippen LogP contribution in [0, 0.1) is 0 Å². The molecule has 0 saturated carbocycles. The molecular formula is C15H22N2O3S. The predicted molar refractivity (Wildman–Crippen MR) is 84.5 cm³/mol. The first kappa shape index (κ1) is 17.5. The highest BCUT2D eigenvalue weighted by Gasteiger charge is 2.21. The van der Waals surface area contributed by atoms with E-state index in [2.05, 4.69) is 5.32 Å². The highest BCUT2D eigenvalue weighted by Crippen LogP contribution is 2.15. The number of likely N-dealkylation sites (N-methyl/N-ethyl adjacent to an activating group) is 1. The van der Waals surface area contributed by atoms with Gasteiger partial charge in [-0.1, -0.05) is 25.1 Å². The number of carboxylic acid groups (broad SMARTS) is 1. The smallest absolute Gasteiger partial charge is 0.320 e. The van der Waals surface area contributed by atoms with Gasteiger partial charge in [0.15, 0.2) is 0 Å². The Balaban J connectivity index is 2.23. The van der Waals surface area contributed by atoms with Gasteiger partial charge in [0.1, 0.15) is 6.04 Å². The molecule has 5 nitrogen and oxygen atoms in total. The molecule has 0 aliphatic rings. The quantitative estimate of drug-likeness (QED) is 0.536. The molecule has 1 rings (SSSR count). The van der Waals surface area contributed by atoms with Crippen molar-refractivity contribution in [3.63, 3.8) is 0 Å². The van der Waals surface area contributed by atoms with Crippen molar-refractivity contribution in [1.29, 1.82) is 0 Å². The minimum Gasteiger partial charge on any atom is -0.480 e. The van der Waals surface area contributed by atoms with Crippen LogP contribution in [0.2, 0.25) is 0 Å². The Morgan fingerprint density at radius 2 is 2.00 bits per heavy atom. The lowest BCUT2D eigenvalue weighted by molar-refractivity contribution is -0.143. The molecule has 21 heavy (non-hydrogen) atoms. The van der Waals surface area contributed by atoms with Crippen molar-refractivity contribution in [2.45, 2.75) is 24.3 Å². The monoisotopic (exact) mass is 310 g/mol. The van der Waals surface area contributed by atoms with Gasteiger partial charge in [-0.05, 0) is 25.6 Å². The van der Waals surface area contributed by atoms with E-state index in [1.165, 1.54) is 4.90 Å². The Morgan fingerprint density at radius 3 is 2.57 bits per heavy atom. The average Bonchev–Trinajstić information content (AvgIpc) is 2.45. The van der Waals surface area contributed by atoms with Crippen LogP contribution in [0.15, 0.2) is 35.2 Å². The maximum Gasteiger partial charge on any atom is 0.320 e. The van der Waals surface area contributed by atoms with Crippen molar-refractivity contribution in [1.82, 2.24) is 10.2 Å². The van der Waals surface area contributed by atoms with E-state index in [0.717, 1.165) is 5.75 Å². The lowest BCUT2D eigenvalue weighted by Gasteiger charge is -2.22. The molecule has 0 aromatic heterocycles. The molecule has 1 unspecified atom stereocenters. The van der Waals surface area contributed by atoms with Crippen molar-refractivity contribution in [2.75, 3.05) is 25.9 Å². The number of rotatable bonds is 9. The van der Waals surface area contributed by atoms with E-state index in [1.54, 1.807) is 30.6 Å². The average molecular weight is 310 g/mol. The second kappa shape index (κ2) is 9.41. The number of carbonyl (C=O) groups excluding carboxylic acids is 1. The summed E-state index contributed by atoms with van der Waals surface area (Å²) in [6.45, 7) is 2.46. The minimum atomic E-state index is -0.896. The molecular weight excluding hydrogens is 288 g/mol. The first-order chi connectivity index (χ1) is 10.0. The summed E-state index contributed by atoms with van der Waals surface area (Å²) in [5, 5.41) is 11.8. The van der Waals surface area contributed by atoms with Gasteiger partial charge in [0.2, 0.25) is 5.91 Å². The van der Waals surface area contributed by atoms with Gasteiger partial charge in [0, 0.05) is 17.2 Å². The summed E-state index contributed by atoms with van der Waals surface area (Å²) in [5.41, 5.74) is 0. The third kappa shape index (κ3) is 6.64. The van der Waals surface area contributed by atoms with Crippen LogP contribution in [0.1, 0.15) is 13.3 Å². The zero-order valence-electron chi connectivity index (χ0n) is 12.4. The number of aliphatic carboxylic acids is 1. The van der Waals surface area contributed by atoms with Crippen molar-refractivity contribution >= 4 is 23.6 Å². The molecule has 0 spiro atoms. The lowest BCUT2D eigenvalue weighted by Crippen LogP contribution is -2.44. The molecule has 1 amide bonds.